The van der Waals surface area contributed by atoms with E-state index in [9.17, 15) is 9.59 Å². The molecule has 0 bridgehead atoms. The molecule has 0 amide bonds. The summed E-state index contributed by atoms with van der Waals surface area (Å²) in [5, 5.41) is 0. The van der Waals surface area contributed by atoms with Crippen LogP contribution in [-0.2, 0) is 19.1 Å². The van der Waals surface area contributed by atoms with Crippen LogP contribution in [0.25, 0.3) is 0 Å². The second kappa shape index (κ2) is 4.63. The van der Waals surface area contributed by atoms with E-state index in [4.69, 9.17) is 9.47 Å². The van der Waals surface area contributed by atoms with Gasteiger partial charge in [0.05, 0.1) is 6.10 Å². The van der Waals surface area contributed by atoms with Gasteiger partial charge in [0.2, 0.25) is 0 Å². The molecule has 4 aliphatic carbocycles. The van der Waals surface area contributed by atoms with Gasteiger partial charge in [-0.15, -0.1) is 0 Å². The standard InChI is InChI=1S/C22H28O4/c1-20-7-3-12(23)11-15(20)18-19(25-18)17-13(20)4-8-21(2)14(17)5-9-22(21)10-6-16(24)26-22/h11,13-14,17-19H,3-10H2,1-2H3/t13-,14-,17?,18-,19+,20+,21-,22+/m0/s1. The van der Waals surface area contributed by atoms with Crippen molar-refractivity contribution in [2.24, 2.45) is 28.6 Å². The molecule has 1 unspecified atom stereocenters. The van der Waals surface area contributed by atoms with Crippen molar-refractivity contribution in [1.82, 2.24) is 0 Å². The Balaban J connectivity index is 1.40. The Morgan fingerprint density at radius 1 is 1.00 bits per heavy atom. The van der Waals surface area contributed by atoms with Crippen molar-refractivity contribution >= 4 is 11.8 Å². The van der Waals surface area contributed by atoms with Crippen LogP contribution in [0.5, 0.6) is 0 Å². The number of esters is 1. The first-order valence-corrected chi connectivity index (χ1v) is 10.5. The van der Waals surface area contributed by atoms with Gasteiger partial charge >= 0.3 is 5.97 Å². The van der Waals surface area contributed by atoms with Gasteiger partial charge in [0.15, 0.2) is 5.78 Å². The summed E-state index contributed by atoms with van der Waals surface area (Å²) < 4.78 is 12.2. The highest BCUT2D eigenvalue weighted by Crippen LogP contribution is 2.72. The van der Waals surface area contributed by atoms with Crippen molar-refractivity contribution in [3.63, 3.8) is 0 Å². The third-order valence-corrected chi connectivity index (χ3v) is 9.56. The summed E-state index contributed by atoms with van der Waals surface area (Å²) >= 11 is 0. The number of ketones is 1. The molecule has 0 aromatic carbocycles. The molecule has 26 heavy (non-hydrogen) atoms. The van der Waals surface area contributed by atoms with Crippen molar-refractivity contribution in [2.45, 2.75) is 83.0 Å². The lowest BCUT2D eigenvalue weighted by atomic mass is 9.46. The zero-order valence-electron chi connectivity index (χ0n) is 15.8. The fraction of sp³-hybridized carbons (Fsp3) is 0.818. The van der Waals surface area contributed by atoms with Gasteiger partial charge in [-0.05, 0) is 73.3 Å². The van der Waals surface area contributed by atoms with Gasteiger partial charge in [-0.2, -0.15) is 0 Å². The zero-order chi connectivity index (χ0) is 17.9. The molecule has 2 aliphatic heterocycles. The first kappa shape index (κ1) is 15.9. The molecule has 8 atom stereocenters. The molecule has 2 saturated heterocycles. The molecular weight excluding hydrogens is 328 g/mol. The number of hydrogen-bond donors (Lipinski definition) is 0. The van der Waals surface area contributed by atoms with Gasteiger partial charge in [0, 0.05) is 18.3 Å². The fourth-order valence-electron chi connectivity index (χ4n) is 8.10. The van der Waals surface area contributed by atoms with Crippen LogP contribution >= 0.6 is 0 Å². The summed E-state index contributed by atoms with van der Waals surface area (Å²) in [4.78, 5) is 24.0. The van der Waals surface area contributed by atoms with Crippen molar-refractivity contribution in [3.8, 4) is 0 Å². The Bertz CT molecular complexity index is 755. The molecule has 6 aliphatic rings. The number of epoxide rings is 1. The van der Waals surface area contributed by atoms with Crippen molar-refractivity contribution in [3.05, 3.63) is 11.6 Å². The molecule has 5 fully saturated rings. The van der Waals surface area contributed by atoms with Gasteiger partial charge < -0.3 is 9.47 Å². The van der Waals surface area contributed by atoms with Crippen LogP contribution < -0.4 is 0 Å². The lowest BCUT2D eigenvalue weighted by molar-refractivity contribution is -0.167. The smallest absolute Gasteiger partial charge is 0.306 e. The summed E-state index contributed by atoms with van der Waals surface area (Å²) in [5.41, 5.74) is 1.30. The molecular formula is C22H28O4. The SMILES string of the molecule is C[C@]12CCC(=O)C=C1[C@@H]1O[C@@H]1C1[C@@H]2CC[C@@]2(C)[C@H]1CC[C@@]21CCC(=O)O1. The molecule has 0 aromatic rings. The summed E-state index contributed by atoms with van der Waals surface area (Å²) in [6.07, 6.45) is 10.0. The minimum atomic E-state index is -0.219. The van der Waals surface area contributed by atoms with E-state index in [1.54, 1.807) is 0 Å². The quantitative estimate of drug-likeness (QED) is 0.492. The predicted molar refractivity (Wildman–Crippen MR) is 94.2 cm³/mol. The van der Waals surface area contributed by atoms with E-state index in [1.165, 1.54) is 12.0 Å². The molecule has 1 spiro atoms. The van der Waals surface area contributed by atoms with Gasteiger partial charge in [-0.3, -0.25) is 9.59 Å². The topological polar surface area (TPSA) is 55.9 Å². The lowest BCUT2D eigenvalue weighted by Gasteiger charge is -2.57. The van der Waals surface area contributed by atoms with Gasteiger partial charge in [0.25, 0.3) is 0 Å². The number of ether oxygens (including phenoxy) is 2. The largest absolute Gasteiger partial charge is 0.458 e. The Morgan fingerprint density at radius 2 is 1.81 bits per heavy atom. The third kappa shape index (κ3) is 1.67. The minimum Gasteiger partial charge on any atom is -0.458 e. The molecule has 140 valence electrons. The normalized spacial score (nSPS) is 57.0. The molecule has 3 saturated carbocycles. The molecule has 6 rings (SSSR count). The number of fused-ring (bicyclic) bond motifs is 9. The number of carbonyl (C=O) groups is 2. The highest BCUT2D eigenvalue weighted by Gasteiger charge is 2.72. The summed E-state index contributed by atoms with van der Waals surface area (Å²) in [6.45, 7) is 4.79. The maximum atomic E-state index is 12.0. The van der Waals surface area contributed by atoms with E-state index in [1.807, 2.05) is 6.08 Å². The lowest BCUT2D eigenvalue weighted by Crippen LogP contribution is -2.56. The molecule has 2 heterocycles. The summed E-state index contributed by atoms with van der Waals surface area (Å²) in [7, 11) is 0. The van der Waals surface area contributed by atoms with E-state index in [0.717, 1.165) is 32.1 Å². The maximum Gasteiger partial charge on any atom is 0.306 e. The Hall–Kier alpha value is -1.16. The number of carbonyl (C=O) groups excluding carboxylic acids is 2. The second-order valence-electron chi connectivity index (χ2n) is 10.3. The molecule has 4 heteroatoms. The van der Waals surface area contributed by atoms with E-state index in [0.29, 0.717) is 36.7 Å². The minimum absolute atomic E-state index is 0.00108. The molecule has 0 N–H and O–H groups in total. The van der Waals surface area contributed by atoms with E-state index < -0.39 is 0 Å². The third-order valence-electron chi connectivity index (χ3n) is 9.56. The average molecular weight is 356 g/mol. The first-order valence-electron chi connectivity index (χ1n) is 10.5. The summed E-state index contributed by atoms with van der Waals surface area (Å²) in [5.74, 6) is 2.03. The zero-order valence-corrected chi connectivity index (χ0v) is 15.8. The number of hydrogen-bond acceptors (Lipinski definition) is 4. The highest BCUT2D eigenvalue weighted by atomic mass is 16.6. The highest BCUT2D eigenvalue weighted by molar-refractivity contribution is 5.92. The van der Waals surface area contributed by atoms with Crippen molar-refractivity contribution < 1.29 is 19.1 Å². The van der Waals surface area contributed by atoms with Crippen LogP contribution in [-0.4, -0.2) is 29.6 Å². The van der Waals surface area contributed by atoms with Crippen LogP contribution in [0, 0.1) is 28.6 Å². The van der Waals surface area contributed by atoms with Gasteiger partial charge in [-0.25, -0.2) is 0 Å². The monoisotopic (exact) mass is 356 g/mol. The van der Waals surface area contributed by atoms with Crippen LogP contribution in [0.1, 0.15) is 65.2 Å². The van der Waals surface area contributed by atoms with Crippen LogP contribution in [0.15, 0.2) is 11.6 Å². The predicted octanol–water partition coefficient (Wildman–Crippen LogP) is 3.58. The van der Waals surface area contributed by atoms with Gasteiger partial charge in [0.1, 0.15) is 11.7 Å². The van der Waals surface area contributed by atoms with Crippen LogP contribution in [0.3, 0.4) is 0 Å². The van der Waals surface area contributed by atoms with E-state index in [-0.39, 0.29) is 34.3 Å². The van der Waals surface area contributed by atoms with E-state index >= 15 is 0 Å². The summed E-state index contributed by atoms with van der Waals surface area (Å²) in [6, 6.07) is 0. The Kier molecular flexibility index (Phi) is 2.82. The molecule has 4 nitrogen and oxygen atoms in total. The van der Waals surface area contributed by atoms with Crippen molar-refractivity contribution in [2.75, 3.05) is 0 Å². The maximum absolute atomic E-state index is 12.0. The average Bonchev–Trinajstić information content (AvgIpc) is 3.23. The Morgan fingerprint density at radius 3 is 2.58 bits per heavy atom. The van der Waals surface area contributed by atoms with Gasteiger partial charge in [-0.1, -0.05) is 13.8 Å². The molecule has 0 radical (unpaired) electrons. The van der Waals surface area contributed by atoms with Crippen LogP contribution in [0.2, 0.25) is 0 Å². The van der Waals surface area contributed by atoms with Crippen LogP contribution in [0.4, 0.5) is 0 Å². The second-order valence-corrected chi connectivity index (χ2v) is 10.3. The first-order chi connectivity index (χ1) is 12.4. The Labute approximate surface area is 154 Å². The van der Waals surface area contributed by atoms with E-state index in [2.05, 4.69) is 13.8 Å². The fourth-order valence-corrected chi connectivity index (χ4v) is 8.10. The molecule has 0 aromatic heterocycles. The number of rotatable bonds is 0. The van der Waals surface area contributed by atoms with Crippen molar-refractivity contribution in [1.29, 1.82) is 0 Å².